The van der Waals surface area contributed by atoms with Crippen LogP contribution in [0, 0.1) is 0 Å². The van der Waals surface area contributed by atoms with Crippen molar-refractivity contribution in [2.45, 2.75) is 56.7 Å². The van der Waals surface area contributed by atoms with Crippen LogP contribution < -0.4 is 16.8 Å². The van der Waals surface area contributed by atoms with Crippen LogP contribution in [0.3, 0.4) is 0 Å². The lowest BCUT2D eigenvalue weighted by Crippen LogP contribution is -2.50. The molecule has 0 aromatic heterocycles. The molecule has 2 aliphatic rings. The summed E-state index contributed by atoms with van der Waals surface area (Å²) in [5.41, 5.74) is 11.2. The number of carbonyl (C=O) groups is 1. The number of primary amides is 1. The second kappa shape index (κ2) is 5.69. The molecule has 2 rings (SSSR count). The summed E-state index contributed by atoms with van der Waals surface area (Å²) in [5.74, 6) is 0. The molecule has 1 saturated heterocycles. The number of hydrogen-bond acceptors (Lipinski definition) is 3. The van der Waals surface area contributed by atoms with Crippen molar-refractivity contribution >= 4 is 6.03 Å². The Kier molecular flexibility index (Phi) is 4.23. The summed E-state index contributed by atoms with van der Waals surface area (Å²) in [7, 11) is 0. The minimum Gasteiger partial charge on any atom is -0.351 e. The number of urea groups is 1. The lowest BCUT2D eigenvalue weighted by Gasteiger charge is -2.35. The van der Waals surface area contributed by atoms with E-state index >= 15 is 0 Å². The highest BCUT2D eigenvalue weighted by Gasteiger charge is 2.25. The number of nitrogens with one attached hydrogen (secondary N) is 1. The number of amides is 2. The van der Waals surface area contributed by atoms with Gasteiger partial charge in [-0.05, 0) is 38.5 Å². The van der Waals surface area contributed by atoms with Gasteiger partial charge in [0.05, 0.1) is 0 Å². The first-order chi connectivity index (χ1) is 8.15. The SMILES string of the molecule is NC(=O)N1CCC(NC2CCC(N)CC2)CC1. The largest absolute Gasteiger partial charge is 0.351 e. The maximum atomic E-state index is 11.0. The Morgan fingerprint density at radius 3 is 2.06 bits per heavy atom. The van der Waals surface area contributed by atoms with Gasteiger partial charge >= 0.3 is 6.03 Å². The molecule has 1 aliphatic heterocycles. The number of rotatable bonds is 2. The molecule has 0 spiro atoms. The Balaban J connectivity index is 1.69. The summed E-state index contributed by atoms with van der Waals surface area (Å²) < 4.78 is 0. The molecule has 1 aliphatic carbocycles. The van der Waals surface area contributed by atoms with Crippen molar-refractivity contribution in [2.75, 3.05) is 13.1 Å². The molecule has 0 radical (unpaired) electrons. The van der Waals surface area contributed by atoms with Crippen molar-refractivity contribution in [2.24, 2.45) is 11.5 Å². The number of piperidine rings is 1. The molecular formula is C12H24N4O. The van der Waals surface area contributed by atoms with Gasteiger partial charge in [-0.15, -0.1) is 0 Å². The van der Waals surface area contributed by atoms with Gasteiger partial charge in [0.1, 0.15) is 0 Å². The number of nitrogens with two attached hydrogens (primary N) is 2. The lowest BCUT2D eigenvalue weighted by molar-refractivity contribution is 0.178. The predicted molar refractivity (Wildman–Crippen MR) is 67.5 cm³/mol. The van der Waals surface area contributed by atoms with Crippen molar-refractivity contribution in [3.63, 3.8) is 0 Å². The highest BCUT2D eigenvalue weighted by atomic mass is 16.2. The fourth-order valence-corrected chi connectivity index (χ4v) is 2.89. The van der Waals surface area contributed by atoms with E-state index in [9.17, 15) is 4.79 Å². The third kappa shape index (κ3) is 3.57. The molecule has 1 heterocycles. The molecular weight excluding hydrogens is 216 g/mol. The molecule has 98 valence electrons. The Labute approximate surface area is 103 Å². The topological polar surface area (TPSA) is 84.4 Å². The number of nitrogens with zero attached hydrogens (tertiary/aromatic N) is 1. The van der Waals surface area contributed by atoms with Crippen molar-refractivity contribution in [1.29, 1.82) is 0 Å². The lowest BCUT2D eigenvalue weighted by atomic mass is 9.90. The Morgan fingerprint density at radius 1 is 1.00 bits per heavy atom. The smallest absolute Gasteiger partial charge is 0.314 e. The van der Waals surface area contributed by atoms with E-state index in [0.29, 0.717) is 18.1 Å². The molecule has 2 amide bonds. The number of carbonyl (C=O) groups excluding carboxylic acids is 1. The van der Waals surface area contributed by atoms with Crippen LogP contribution in [-0.2, 0) is 0 Å². The Morgan fingerprint density at radius 2 is 1.53 bits per heavy atom. The molecule has 17 heavy (non-hydrogen) atoms. The monoisotopic (exact) mass is 240 g/mol. The summed E-state index contributed by atoms with van der Waals surface area (Å²) in [4.78, 5) is 12.7. The van der Waals surface area contributed by atoms with Crippen LogP contribution in [0.25, 0.3) is 0 Å². The van der Waals surface area contributed by atoms with Gasteiger partial charge < -0.3 is 21.7 Å². The zero-order chi connectivity index (χ0) is 12.3. The molecule has 0 unspecified atom stereocenters. The van der Waals surface area contributed by atoms with E-state index in [1.165, 1.54) is 12.8 Å². The van der Waals surface area contributed by atoms with Gasteiger partial charge in [-0.2, -0.15) is 0 Å². The first-order valence-corrected chi connectivity index (χ1v) is 6.71. The van der Waals surface area contributed by atoms with E-state index in [0.717, 1.165) is 38.8 Å². The van der Waals surface area contributed by atoms with Crippen molar-refractivity contribution in [3.8, 4) is 0 Å². The van der Waals surface area contributed by atoms with Crippen LogP contribution in [0.1, 0.15) is 38.5 Å². The fraction of sp³-hybridized carbons (Fsp3) is 0.917. The average Bonchev–Trinajstić information content (AvgIpc) is 2.33. The van der Waals surface area contributed by atoms with E-state index in [4.69, 9.17) is 11.5 Å². The molecule has 5 N–H and O–H groups in total. The highest BCUT2D eigenvalue weighted by Crippen LogP contribution is 2.19. The van der Waals surface area contributed by atoms with Crippen LogP contribution >= 0.6 is 0 Å². The second-order valence-corrected chi connectivity index (χ2v) is 5.38. The Bertz CT molecular complexity index is 255. The van der Waals surface area contributed by atoms with Crippen molar-refractivity contribution < 1.29 is 4.79 Å². The van der Waals surface area contributed by atoms with E-state index in [1.54, 1.807) is 4.90 Å². The molecule has 0 atom stereocenters. The maximum Gasteiger partial charge on any atom is 0.314 e. The predicted octanol–water partition coefficient (Wildman–Crippen LogP) is 0.389. The van der Waals surface area contributed by atoms with Gasteiger partial charge in [-0.3, -0.25) is 0 Å². The van der Waals surface area contributed by atoms with E-state index in [1.807, 2.05) is 0 Å². The highest BCUT2D eigenvalue weighted by molar-refractivity contribution is 5.72. The first-order valence-electron chi connectivity index (χ1n) is 6.71. The van der Waals surface area contributed by atoms with Gasteiger partial charge in [0.2, 0.25) is 0 Å². The summed E-state index contributed by atoms with van der Waals surface area (Å²) in [6.45, 7) is 1.58. The van der Waals surface area contributed by atoms with E-state index in [-0.39, 0.29) is 6.03 Å². The quantitative estimate of drug-likeness (QED) is 0.653. The molecule has 0 aromatic carbocycles. The summed E-state index contributed by atoms with van der Waals surface area (Å²) in [5, 5.41) is 3.70. The van der Waals surface area contributed by atoms with Gasteiger partial charge in [-0.1, -0.05) is 0 Å². The van der Waals surface area contributed by atoms with E-state index < -0.39 is 0 Å². The van der Waals surface area contributed by atoms with Gasteiger partial charge in [-0.25, -0.2) is 4.79 Å². The number of likely N-dealkylation sites (tertiary alicyclic amines) is 1. The molecule has 2 fully saturated rings. The van der Waals surface area contributed by atoms with Crippen molar-refractivity contribution in [3.05, 3.63) is 0 Å². The van der Waals surface area contributed by atoms with Gasteiger partial charge in [0, 0.05) is 31.2 Å². The summed E-state index contributed by atoms with van der Waals surface area (Å²) >= 11 is 0. The average molecular weight is 240 g/mol. The number of hydrogen-bond donors (Lipinski definition) is 3. The van der Waals surface area contributed by atoms with Crippen LogP contribution in [0.2, 0.25) is 0 Å². The third-order valence-electron chi connectivity index (χ3n) is 4.05. The minimum atomic E-state index is -0.285. The molecule has 0 aromatic rings. The molecule has 5 nitrogen and oxygen atoms in total. The summed E-state index contributed by atoms with van der Waals surface area (Å²) in [6.07, 6.45) is 6.70. The standard InChI is InChI=1S/C12H24N4O/c13-9-1-3-10(4-2-9)15-11-5-7-16(8-6-11)12(14)17/h9-11,15H,1-8,13H2,(H2,14,17). The van der Waals surface area contributed by atoms with Crippen molar-refractivity contribution in [1.82, 2.24) is 10.2 Å². The maximum absolute atomic E-state index is 11.0. The third-order valence-corrected chi connectivity index (χ3v) is 4.05. The van der Waals surface area contributed by atoms with Crippen LogP contribution in [0.4, 0.5) is 4.79 Å². The normalized spacial score (nSPS) is 31.5. The zero-order valence-corrected chi connectivity index (χ0v) is 10.4. The van der Waals surface area contributed by atoms with Crippen LogP contribution in [-0.4, -0.2) is 42.1 Å². The second-order valence-electron chi connectivity index (χ2n) is 5.38. The van der Waals surface area contributed by atoms with Gasteiger partial charge in [0.15, 0.2) is 0 Å². The Hall–Kier alpha value is -0.810. The summed E-state index contributed by atoms with van der Waals surface area (Å²) in [6, 6.07) is 1.29. The molecule has 5 heteroatoms. The van der Waals surface area contributed by atoms with Crippen LogP contribution in [0.5, 0.6) is 0 Å². The van der Waals surface area contributed by atoms with Crippen LogP contribution in [0.15, 0.2) is 0 Å². The molecule has 1 saturated carbocycles. The van der Waals surface area contributed by atoms with Gasteiger partial charge in [0.25, 0.3) is 0 Å². The zero-order valence-electron chi connectivity index (χ0n) is 10.4. The van der Waals surface area contributed by atoms with E-state index in [2.05, 4.69) is 5.32 Å². The first kappa shape index (κ1) is 12.6. The minimum absolute atomic E-state index is 0.285. The molecule has 0 bridgehead atoms. The fourth-order valence-electron chi connectivity index (χ4n) is 2.89.